The molecule has 0 radical (unpaired) electrons. The molecule has 2 heterocycles. The topological polar surface area (TPSA) is 38.1 Å². The van der Waals surface area contributed by atoms with Gasteiger partial charge in [-0.3, -0.25) is 9.69 Å². The molecule has 4 heteroatoms. The van der Waals surface area contributed by atoms with E-state index >= 15 is 0 Å². The van der Waals surface area contributed by atoms with Crippen molar-refractivity contribution in [3.63, 3.8) is 0 Å². The van der Waals surface area contributed by atoms with E-state index in [4.69, 9.17) is 5.10 Å². The van der Waals surface area contributed by atoms with E-state index in [2.05, 4.69) is 74.5 Å². The van der Waals surface area contributed by atoms with Crippen molar-refractivity contribution in [2.24, 2.45) is 5.41 Å². The van der Waals surface area contributed by atoms with E-state index in [1.807, 2.05) is 12.1 Å². The van der Waals surface area contributed by atoms with Crippen LogP contribution in [-0.4, -0.2) is 27.0 Å². The number of ketones is 1. The number of aryl methyl sites for hydroxylation is 2. The van der Waals surface area contributed by atoms with Gasteiger partial charge in [-0.05, 0) is 37.3 Å². The third-order valence-corrected chi connectivity index (χ3v) is 5.74. The Kier molecular flexibility index (Phi) is 5.15. The van der Waals surface area contributed by atoms with E-state index in [-0.39, 0.29) is 11.2 Å². The van der Waals surface area contributed by atoms with Gasteiger partial charge in [0.25, 0.3) is 0 Å². The molecule has 4 rings (SSSR count). The second kappa shape index (κ2) is 7.51. The lowest BCUT2D eigenvalue weighted by molar-refractivity contribution is 0.101. The fourth-order valence-electron chi connectivity index (χ4n) is 4.52. The summed E-state index contributed by atoms with van der Waals surface area (Å²) < 4.78 is 2.13. The van der Waals surface area contributed by atoms with Gasteiger partial charge in [0.1, 0.15) is 0 Å². The van der Waals surface area contributed by atoms with Crippen molar-refractivity contribution in [3.05, 3.63) is 70.4 Å². The molecule has 0 saturated heterocycles. The fourth-order valence-corrected chi connectivity index (χ4v) is 4.52. The molecule has 0 aliphatic carbocycles. The lowest BCUT2D eigenvalue weighted by Gasteiger charge is -2.26. The number of carbonyl (C=O) groups is 1. The molecule has 0 spiro atoms. The Balaban J connectivity index is 1.85. The first-order valence-electron chi connectivity index (χ1n) is 10.6. The van der Waals surface area contributed by atoms with E-state index < -0.39 is 0 Å². The molecule has 30 heavy (non-hydrogen) atoms. The van der Waals surface area contributed by atoms with Gasteiger partial charge in [-0.2, -0.15) is 5.10 Å². The van der Waals surface area contributed by atoms with Crippen molar-refractivity contribution in [1.29, 1.82) is 0 Å². The van der Waals surface area contributed by atoms with Crippen LogP contribution in [0, 0.1) is 19.3 Å². The normalized spacial score (nSPS) is 14.2. The Morgan fingerprint density at radius 3 is 2.20 bits per heavy atom. The molecule has 0 unspecified atom stereocenters. The van der Waals surface area contributed by atoms with Gasteiger partial charge in [-0.25, -0.2) is 4.68 Å². The van der Waals surface area contributed by atoms with Crippen molar-refractivity contribution >= 4 is 5.78 Å². The highest BCUT2D eigenvalue weighted by molar-refractivity contribution is 5.94. The van der Waals surface area contributed by atoms with Crippen molar-refractivity contribution in [2.45, 2.75) is 54.6 Å². The van der Waals surface area contributed by atoms with Gasteiger partial charge < -0.3 is 0 Å². The third-order valence-electron chi connectivity index (χ3n) is 5.74. The summed E-state index contributed by atoms with van der Waals surface area (Å²) in [5.74, 6) is 0.0892. The summed E-state index contributed by atoms with van der Waals surface area (Å²) in [6.45, 7) is 15.6. The quantitative estimate of drug-likeness (QED) is 0.525. The van der Waals surface area contributed by atoms with E-state index in [1.54, 1.807) is 6.92 Å². The van der Waals surface area contributed by atoms with E-state index in [1.165, 1.54) is 16.7 Å². The summed E-state index contributed by atoms with van der Waals surface area (Å²) in [6, 6.07) is 14.3. The Hall–Kier alpha value is -2.72. The van der Waals surface area contributed by atoms with Crippen LogP contribution >= 0.6 is 0 Å². The minimum atomic E-state index is 0.0892. The number of hydrogen-bond acceptors (Lipinski definition) is 3. The molecule has 1 aliphatic rings. The first-order valence-corrected chi connectivity index (χ1v) is 10.6. The number of para-hydroxylation sites is 1. The molecule has 4 nitrogen and oxygen atoms in total. The maximum absolute atomic E-state index is 11.8. The van der Waals surface area contributed by atoms with Gasteiger partial charge in [-0.15, -0.1) is 0 Å². The molecule has 0 amide bonds. The van der Waals surface area contributed by atoms with Crippen molar-refractivity contribution < 1.29 is 4.79 Å². The predicted molar refractivity (Wildman–Crippen MR) is 122 cm³/mol. The predicted octanol–water partition coefficient (Wildman–Crippen LogP) is 5.72. The molecule has 3 aromatic rings. The van der Waals surface area contributed by atoms with Gasteiger partial charge in [0.05, 0.1) is 17.1 Å². The number of carbonyl (C=O) groups excluding carboxylic acids is 1. The zero-order valence-electron chi connectivity index (χ0n) is 18.9. The molecule has 1 aliphatic heterocycles. The van der Waals surface area contributed by atoms with Gasteiger partial charge in [-0.1, -0.05) is 63.2 Å². The highest BCUT2D eigenvalue weighted by Gasteiger charge is 2.31. The SMILES string of the molecule is CC(=O)c1ccc(-c2c3c(nn2-c2c(C)cccc2C)CN(CC(C)(C)C)C3)cc1. The van der Waals surface area contributed by atoms with Crippen LogP contribution in [0.4, 0.5) is 0 Å². The highest BCUT2D eigenvalue weighted by Crippen LogP contribution is 2.37. The molecule has 0 fully saturated rings. The average molecular weight is 402 g/mol. The van der Waals surface area contributed by atoms with Crippen LogP contribution in [-0.2, 0) is 13.1 Å². The van der Waals surface area contributed by atoms with E-state index in [9.17, 15) is 4.79 Å². The summed E-state index contributed by atoms with van der Waals surface area (Å²) in [6.07, 6.45) is 0. The summed E-state index contributed by atoms with van der Waals surface area (Å²) in [4.78, 5) is 14.2. The molecule has 2 aromatic carbocycles. The summed E-state index contributed by atoms with van der Waals surface area (Å²) in [5, 5.41) is 5.10. The minimum absolute atomic E-state index is 0.0892. The summed E-state index contributed by atoms with van der Waals surface area (Å²) in [7, 11) is 0. The number of aromatic nitrogens is 2. The van der Waals surface area contributed by atoms with Crippen LogP contribution in [0.1, 0.15) is 60.4 Å². The standard InChI is InChI=1S/C26H31N3O/c1-17-8-7-9-18(2)24(17)29-25(21-12-10-20(11-13-21)19(3)30)22-14-28(15-23(22)27-29)16-26(4,5)6/h7-13H,14-16H2,1-6H3. The van der Waals surface area contributed by atoms with Crippen LogP contribution in [0.3, 0.4) is 0 Å². The largest absolute Gasteiger partial charge is 0.295 e. The first-order chi connectivity index (χ1) is 14.1. The maximum atomic E-state index is 11.8. The molecule has 0 atom stereocenters. The maximum Gasteiger partial charge on any atom is 0.159 e. The van der Waals surface area contributed by atoms with Crippen LogP contribution < -0.4 is 0 Å². The fraction of sp³-hybridized carbons (Fsp3) is 0.385. The van der Waals surface area contributed by atoms with Gasteiger partial charge in [0.2, 0.25) is 0 Å². The Morgan fingerprint density at radius 2 is 1.63 bits per heavy atom. The third kappa shape index (κ3) is 3.84. The number of rotatable bonds is 4. The van der Waals surface area contributed by atoms with Gasteiger partial charge >= 0.3 is 0 Å². The molecule has 0 N–H and O–H groups in total. The van der Waals surface area contributed by atoms with E-state index in [0.717, 1.165) is 47.8 Å². The first kappa shape index (κ1) is 20.5. The van der Waals surface area contributed by atoms with Crippen LogP contribution in [0.15, 0.2) is 42.5 Å². The Morgan fingerprint density at radius 1 is 1.00 bits per heavy atom. The number of hydrogen-bond donors (Lipinski definition) is 0. The Labute approximate surface area is 179 Å². The molecule has 156 valence electrons. The highest BCUT2D eigenvalue weighted by atomic mass is 16.1. The number of nitrogens with zero attached hydrogens (tertiary/aromatic N) is 3. The Bertz CT molecular complexity index is 1080. The minimum Gasteiger partial charge on any atom is -0.295 e. The second-order valence-electron chi connectivity index (χ2n) is 9.77. The summed E-state index contributed by atoms with van der Waals surface area (Å²) in [5.41, 5.74) is 9.28. The number of Topliss-reactive ketones (excluding diaryl/α,β-unsaturated/α-hetero) is 1. The smallest absolute Gasteiger partial charge is 0.159 e. The average Bonchev–Trinajstić information content (AvgIpc) is 3.17. The second-order valence-corrected chi connectivity index (χ2v) is 9.77. The molecular formula is C26H31N3O. The van der Waals surface area contributed by atoms with Crippen molar-refractivity contribution in [2.75, 3.05) is 6.54 Å². The van der Waals surface area contributed by atoms with Crippen LogP contribution in [0.2, 0.25) is 0 Å². The zero-order chi connectivity index (χ0) is 21.6. The number of benzene rings is 2. The lowest BCUT2D eigenvalue weighted by Crippen LogP contribution is -2.28. The summed E-state index contributed by atoms with van der Waals surface area (Å²) >= 11 is 0. The molecule has 0 bridgehead atoms. The molecule has 0 saturated carbocycles. The molecular weight excluding hydrogens is 370 g/mol. The van der Waals surface area contributed by atoms with Crippen LogP contribution in [0.25, 0.3) is 16.9 Å². The van der Waals surface area contributed by atoms with Gasteiger partial charge in [0, 0.05) is 36.3 Å². The van der Waals surface area contributed by atoms with Gasteiger partial charge in [0.15, 0.2) is 5.78 Å². The van der Waals surface area contributed by atoms with Crippen molar-refractivity contribution in [1.82, 2.24) is 14.7 Å². The van der Waals surface area contributed by atoms with Crippen LogP contribution in [0.5, 0.6) is 0 Å². The lowest BCUT2D eigenvalue weighted by atomic mass is 9.96. The molecule has 1 aromatic heterocycles. The zero-order valence-corrected chi connectivity index (χ0v) is 18.9. The van der Waals surface area contributed by atoms with E-state index in [0.29, 0.717) is 0 Å². The number of fused-ring (bicyclic) bond motifs is 1. The van der Waals surface area contributed by atoms with Crippen molar-refractivity contribution in [3.8, 4) is 16.9 Å². The monoisotopic (exact) mass is 401 g/mol.